The van der Waals surface area contributed by atoms with E-state index in [2.05, 4.69) is 39.3 Å². The number of nitrogens with one attached hydrogen (secondary N) is 2. The monoisotopic (exact) mass is 276 g/mol. The van der Waals surface area contributed by atoms with E-state index in [1.807, 2.05) is 13.0 Å². The number of nitrogens with zero attached hydrogens (tertiary/aromatic N) is 3. The van der Waals surface area contributed by atoms with Gasteiger partial charge in [-0.15, -0.1) is 0 Å². The van der Waals surface area contributed by atoms with Gasteiger partial charge in [-0.1, -0.05) is 13.8 Å². The Morgan fingerprint density at radius 1 is 1.35 bits per heavy atom. The molecule has 0 fully saturated rings. The molecule has 4 N–H and O–H groups in total. The Hall–Kier alpha value is -2.31. The molecule has 2 aromatic heterocycles. The minimum absolute atomic E-state index is 0.0356. The van der Waals surface area contributed by atoms with Crippen molar-refractivity contribution in [3.8, 4) is 5.88 Å². The molecule has 0 amide bonds. The van der Waals surface area contributed by atoms with Gasteiger partial charge in [0, 0.05) is 0 Å². The summed E-state index contributed by atoms with van der Waals surface area (Å²) < 4.78 is 5.60. The Balaban J connectivity index is 2.06. The number of pyridine rings is 1. The molecule has 0 aliphatic rings. The van der Waals surface area contributed by atoms with Gasteiger partial charge < -0.3 is 15.8 Å². The lowest BCUT2D eigenvalue weighted by molar-refractivity contribution is 0.263. The van der Waals surface area contributed by atoms with Crippen LogP contribution in [0.2, 0.25) is 0 Å². The van der Waals surface area contributed by atoms with E-state index in [4.69, 9.17) is 10.5 Å². The average molecular weight is 276 g/mol. The van der Waals surface area contributed by atoms with Crippen LogP contribution in [0.1, 0.15) is 32.6 Å². The zero-order valence-electron chi connectivity index (χ0n) is 11.9. The van der Waals surface area contributed by atoms with E-state index in [-0.39, 0.29) is 6.04 Å². The third-order valence-electron chi connectivity index (χ3n) is 2.65. The van der Waals surface area contributed by atoms with Crippen LogP contribution in [0, 0.1) is 5.92 Å². The summed E-state index contributed by atoms with van der Waals surface area (Å²) in [6.45, 7) is 6.69. The zero-order chi connectivity index (χ0) is 14.5. The van der Waals surface area contributed by atoms with Crippen molar-refractivity contribution in [2.75, 3.05) is 17.7 Å². The molecule has 0 bridgehead atoms. The summed E-state index contributed by atoms with van der Waals surface area (Å²) in [7, 11) is 0. The number of nitrogen functional groups attached to an aromatic ring is 1. The van der Waals surface area contributed by atoms with Crippen molar-refractivity contribution in [2.45, 2.75) is 26.8 Å². The predicted molar refractivity (Wildman–Crippen MR) is 77.4 cm³/mol. The van der Waals surface area contributed by atoms with Crippen LogP contribution >= 0.6 is 0 Å². The minimum atomic E-state index is -0.0356. The van der Waals surface area contributed by atoms with Crippen molar-refractivity contribution in [3.63, 3.8) is 0 Å². The number of rotatable bonds is 6. The van der Waals surface area contributed by atoms with Gasteiger partial charge in [-0.2, -0.15) is 10.1 Å². The van der Waals surface area contributed by atoms with Crippen LogP contribution in [-0.4, -0.2) is 26.8 Å². The van der Waals surface area contributed by atoms with Crippen molar-refractivity contribution < 1.29 is 4.74 Å². The molecule has 108 valence electrons. The van der Waals surface area contributed by atoms with E-state index in [0.29, 0.717) is 29.9 Å². The van der Waals surface area contributed by atoms with Gasteiger partial charge in [0.2, 0.25) is 5.88 Å². The van der Waals surface area contributed by atoms with Gasteiger partial charge in [-0.25, -0.2) is 4.98 Å². The number of aromatic nitrogens is 4. The van der Waals surface area contributed by atoms with E-state index in [1.54, 1.807) is 6.07 Å². The molecule has 0 saturated carbocycles. The fraction of sp³-hybridized carbons (Fsp3) is 0.462. The third-order valence-corrected chi connectivity index (χ3v) is 2.65. The first-order chi connectivity index (χ1) is 9.56. The molecule has 1 unspecified atom stereocenters. The molecule has 1 atom stereocenters. The lowest BCUT2D eigenvalue weighted by Crippen LogP contribution is -2.12. The number of hydrogen-bond acceptors (Lipinski definition) is 6. The molecule has 0 aliphatic heterocycles. The maximum absolute atomic E-state index is 5.86. The fourth-order valence-corrected chi connectivity index (χ4v) is 1.61. The topological polar surface area (TPSA) is 102 Å². The Morgan fingerprint density at radius 3 is 2.80 bits per heavy atom. The molecule has 7 heteroatoms. The van der Waals surface area contributed by atoms with Crippen LogP contribution in [-0.2, 0) is 0 Å². The van der Waals surface area contributed by atoms with Crippen molar-refractivity contribution in [1.82, 2.24) is 20.2 Å². The average Bonchev–Trinajstić information content (AvgIpc) is 2.93. The van der Waals surface area contributed by atoms with Crippen LogP contribution in [0.4, 0.5) is 11.5 Å². The second-order valence-corrected chi connectivity index (χ2v) is 5.03. The Bertz CT molecular complexity index is 540. The summed E-state index contributed by atoms with van der Waals surface area (Å²) >= 11 is 0. The maximum atomic E-state index is 5.86. The summed E-state index contributed by atoms with van der Waals surface area (Å²) in [6, 6.07) is 3.55. The Morgan fingerprint density at radius 2 is 2.15 bits per heavy atom. The molecular weight excluding hydrogens is 256 g/mol. The lowest BCUT2D eigenvalue weighted by atomic mass is 10.2. The van der Waals surface area contributed by atoms with E-state index in [1.165, 1.54) is 6.33 Å². The molecule has 7 nitrogen and oxygen atoms in total. The largest absolute Gasteiger partial charge is 0.476 e. The van der Waals surface area contributed by atoms with Crippen molar-refractivity contribution in [2.24, 2.45) is 5.92 Å². The van der Waals surface area contributed by atoms with E-state index < -0.39 is 0 Å². The number of aromatic amines is 1. The van der Waals surface area contributed by atoms with Crippen LogP contribution in [0.5, 0.6) is 5.88 Å². The van der Waals surface area contributed by atoms with Gasteiger partial charge in [0.15, 0.2) is 0 Å². The first-order valence-corrected chi connectivity index (χ1v) is 6.57. The molecule has 2 heterocycles. The first kappa shape index (κ1) is 14.1. The van der Waals surface area contributed by atoms with Crippen molar-refractivity contribution in [3.05, 3.63) is 24.3 Å². The van der Waals surface area contributed by atoms with Crippen molar-refractivity contribution >= 4 is 11.5 Å². The minimum Gasteiger partial charge on any atom is -0.476 e. The second kappa shape index (κ2) is 6.23. The van der Waals surface area contributed by atoms with Gasteiger partial charge in [-0.3, -0.25) is 5.10 Å². The summed E-state index contributed by atoms with van der Waals surface area (Å²) in [4.78, 5) is 8.47. The highest BCUT2D eigenvalue weighted by molar-refractivity contribution is 5.53. The van der Waals surface area contributed by atoms with Crippen molar-refractivity contribution in [1.29, 1.82) is 0 Å². The Kier molecular flexibility index (Phi) is 4.39. The predicted octanol–water partition coefficient (Wildman–Crippen LogP) is 1.99. The summed E-state index contributed by atoms with van der Waals surface area (Å²) in [5.41, 5.74) is 6.39. The first-order valence-electron chi connectivity index (χ1n) is 6.57. The molecule has 0 spiro atoms. The number of ether oxygens (including phenoxy) is 1. The van der Waals surface area contributed by atoms with Gasteiger partial charge in [0.1, 0.15) is 18.0 Å². The number of nitrogens with two attached hydrogens (primary N) is 1. The molecule has 2 rings (SSSR count). The van der Waals surface area contributed by atoms with Crippen LogP contribution in [0.25, 0.3) is 0 Å². The fourth-order valence-electron chi connectivity index (χ4n) is 1.61. The van der Waals surface area contributed by atoms with Crippen LogP contribution < -0.4 is 15.8 Å². The standard InChI is InChI=1S/C13H20N6O/c1-8(2)6-20-13-10(14)4-5-11(18-13)17-9(3)12-15-7-16-19-12/h4-5,7-9H,6,14H2,1-3H3,(H,17,18)(H,15,16,19). The van der Waals surface area contributed by atoms with E-state index >= 15 is 0 Å². The number of H-pyrrole nitrogens is 1. The van der Waals surface area contributed by atoms with Gasteiger partial charge in [0.05, 0.1) is 18.3 Å². The van der Waals surface area contributed by atoms with Crippen LogP contribution in [0.15, 0.2) is 18.5 Å². The van der Waals surface area contributed by atoms with Gasteiger partial charge in [0.25, 0.3) is 0 Å². The van der Waals surface area contributed by atoms with Gasteiger partial charge >= 0.3 is 0 Å². The van der Waals surface area contributed by atoms with E-state index in [9.17, 15) is 0 Å². The molecule has 0 radical (unpaired) electrons. The molecule has 0 aromatic carbocycles. The number of hydrogen-bond donors (Lipinski definition) is 3. The molecule has 2 aromatic rings. The summed E-state index contributed by atoms with van der Waals surface area (Å²) in [6.07, 6.45) is 1.47. The Labute approximate surface area is 118 Å². The second-order valence-electron chi connectivity index (χ2n) is 5.03. The van der Waals surface area contributed by atoms with E-state index in [0.717, 1.165) is 5.82 Å². The summed E-state index contributed by atoms with van der Waals surface area (Å²) in [5.74, 6) is 2.30. The smallest absolute Gasteiger partial charge is 0.239 e. The lowest BCUT2D eigenvalue weighted by Gasteiger charge is -2.14. The highest BCUT2D eigenvalue weighted by Gasteiger charge is 2.11. The highest BCUT2D eigenvalue weighted by atomic mass is 16.5. The zero-order valence-corrected chi connectivity index (χ0v) is 11.9. The number of anilines is 2. The van der Waals surface area contributed by atoms with Gasteiger partial charge in [-0.05, 0) is 25.0 Å². The highest BCUT2D eigenvalue weighted by Crippen LogP contribution is 2.23. The third kappa shape index (κ3) is 3.59. The molecule has 0 saturated heterocycles. The molecule has 20 heavy (non-hydrogen) atoms. The summed E-state index contributed by atoms with van der Waals surface area (Å²) in [5, 5.41) is 9.86. The molecule has 0 aliphatic carbocycles. The normalized spacial score (nSPS) is 12.4. The maximum Gasteiger partial charge on any atom is 0.239 e. The molecular formula is C13H20N6O. The van der Waals surface area contributed by atoms with Crippen LogP contribution in [0.3, 0.4) is 0 Å². The SMILES string of the molecule is CC(C)COc1nc(NC(C)c2ncn[nH]2)ccc1N. The quantitative estimate of drug-likeness (QED) is 0.745.